The van der Waals surface area contributed by atoms with Gasteiger partial charge in [0, 0.05) is 31.9 Å². The van der Waals surface area contributed by atoms with Crippen LogP contribution >= 0.6 is 0 Å². The minimum absolute atomic E-state index is 0.0345. The van der Waals surface area contributed by atoms with Crippen LogP contribution in [0.2, 0.25) is 0 Å². The van der Waals surface area contributed by atoms with Gasteiger partial charge in [0.15, 0.2) is 0 Å². The van der Waals surface area contributed by atoms with Crippen LogP contribution in [0.4, 0.5) is 0 Å². The highest BCUT2D eigenvalue weighted by Crippen LogP contribution is 2.24. The largest absolute Gasteiger partial charge is 0.497 e. The summed E-state index contributed by atoms with van der Waals surface area (Å²) in [6.45, 7) is 5.54. The maximum Gasteiger partial charge on any atom is 0.223 e. The van der Waals surface area contributed by atoms with Crippen LogP contribution in [0.5, 0.6) is 5.75 Å². The van der Waals surface area contributed by atoms with Gasteiger partial charge in [0.05, 0.1) is 13.2 Å². The molecule has 0 radical (unpaired) electrons. The van der Waals surface area contributed by atoms with Crippen molar-refractivity contribution in [1.29, 1.82) is 0 Å². The van der Waals surface area contributed by atoms with Crippen LogP contribution in [0.25, 0.3) is 0 Å². The first-order valence-corrected chi connectivity index (χ1v) is 8.06. The van der Waals surface area contributed by atoms with Gasteiger partial charge in [-0.3, -0.25) is 9.48 Å². The third kappa shape index (κ3) is 4.58. The number of aromatic nitrogens is 2. The quantitative estimate of drug-likeness (QED) is 0.751. The summed E-state index contributed by atoms with van der Waals surface area (Å²) in [5.41, 5.74) is 1.09. The maximum atomic E-state index is 12.5. The molecule has 124 valence electrons. The maximum absolute atomic E-state index is 12.5. The van der Waals surface area contributed by atoms with E-state index in [1.54, 1.807) is 13.3 Å². The van der Waals surface area contributed by atoms with Gasteiger partial charge in [-0.1, -0.05) is 12.1 Å². The zero-order chi connectivity index (χ0) is 16.7. The fourth-order valence-corrected chi connectivity index (χ4v) is 2.72. The Morgan fingerprint density at radius 3 is 2.87 bits per heavy atom. The third-order valence-corrected chi connectivity index (χ3v) is 4.04. The van der Waals surface area contributed by atoms with E-state index in [2.05, 4.69) is 12.0 Å². The summed E-state index contributed by atoms with van der Waals surface area (Å²) in [5.74, 6) is 0.992. The van der Waals surface area contributed by atoms with E-state index in [1.807, 2.05) is 53.0 Å². The number of aryl methyl sites for hydroxylation is 1. The van der Waals surface area contributed by atoms with Gasteiger partial charge in [0.2, 0.25) is 5.91 Å². The Hall–Kier alpha value is -2.30. The van der Waals surface area contributed by atoms with E-state index in [-0.39, 0.29) is 11.9 Å². The summed E-state index contributed by atoms with van der Waals surface area (Å²) < 4.78 is 7.13. The van der Waals surface area contributed by atoms with Crippen molar-refractivity contribution < 1.29 is 9.53 Å². The first-order chi connectivity index (χ1) is 11.2. The predicted molar refractivity (Wildman–Crippen MR) is 90.3 cm³/mol. The molecule has 1 atom stereocenters. The van der Waals surface area contributed by atoms with Crippen LogP contribution in [0.3, 0.4) is 0 Å². The molecule has 1 amide bonds. The average Bonchev–Trinajstić information content (AvgIpc) is 3.09. The lowest BCUT2D eigenvalue weighted by Gasteiger charge is -2.28. The van der Waals surface area contributed by atoms with Crippen LogP contribution in [0.15, 0.2) is 42.7 Å². The Morgan fingerprint density at radius 1 is 1.39 bits per heavy atom. The normalized spacial score (nSPS) is 12.0. The van der Waals surface area contributed by atoms with Crippen molar-refractivity contribution in [3.8, 4) is 5.75 Å². The van der Waals surface area contributed by atoms with Gasteiger partial charge < -0.3 is 9.64 Å². The molecule has 0 N–H and O–H groups in total. The van der Waals surface area contributed by atoms with Crippen LogP contribution in [-0.4, -0.2) is 34.2 Å². The molecule has 0 saturated heterocycles. The number of benzene rings is 1. The van der Waals surface area contributed by atoms with Gasteiger partial charge in [-0.25, -0.2) is 0 Å². The molecule has 0 aliphatic rings. The summed E-state index contributed by atoms with van der Waals surface area (Å²) in [5, 5.41) is 4.16. The van der Waals surface area contributed by atoms with E-state index in [4.69, 9.17) is 4.74 Å². The number of ether oxygens (including phenoxy) is 1. The number of nitrogens with zero attached hydrogens (tertiary/aromatic N) is 3. The molecule has 0 saturated carbocycles. The van der Waals surface area contributed by atoms with Crippen LogP contribution < -0.4 is 4.74 Å². The smallest absolute Gasteiger partial charge is 0.223 e. The van der Waals surface area contributed by atoms with Crippen molar-refractivity contribution in [2.45, 2.75) is 39.3 Å². The number of rotatable bonds is 8. The Morgan fingerprint density at radius 2 is 2.22 bits per heavy atom. The Kier molecular flexibility index (Phi) is 6.20. The third-order valence-electron chi connectivity index (χ3n) is 4.04. The van der Waals surface area contributed by atoms with E-state index in [1.165, 1.54) is 0 Å². The number of hydrogen-bond donors (Lipinski definition) is 0. The van der Waals surface area contributed by atoms with Crippen LogP contribution in [0.1, 0.15) is 38.3 Å². The summed E-state index contributed by atoms with van der Waals surface area (Å²) in [7, 11) is 1.65. The highest BCUT2D eigenvalue weighted by atomic mass is 16.5. The first kappa shape index (κ1) is 17.1. The minimum Gasteiger partial charge on any atom is -0.497 e. The molecule has 1 heterocycles. The van der Waals surface area contributed by atoms with Crippen molar-refractivity contribution in [2.75, 3.05) is 13.7 Å². The number of amides is 1. The number of methoxy groups -OCH3 is 1. The lowest BCUT2D eigenvalue weighted by atomic mass is 10.1. The molecular weight excluding hydrogens is 290 g/mol. The van der Waals surface area contributed by atoms with Gasteiger partial charge in [-0.2, -0.15) is 5.10 Å². The number of carbonyl (C=O) groups is 1. The molecule has 0 spiro atoms. The lowest BCUT2D eigenvalue weighted by Crippen LogP contribution is -2.33. The number of hydrogen-bond acceptors (Lipinski definition) is 3. The standard InChI is InChI=1S/C18H25N3O2/c1-4-21(15(2)16-8-5-9-17(14-16)23-3)18(22)10-6-12-20-13-7-11-19-20/h5,7-9,11,13-15H,4,6,10,12H2,1-3H3. The molecule has 2 rings (SSSR count). The highest BCUT2D eigenvalue weighted by molar-refractivity contribution is 5.76. The fraction of sp³-hybridized carbons (Fsp3) is 0.444. The van der Waals surface area contributed by atoms with E-state index >= 15 is 0 Å². The van der Waals surface area contributed by atoms with E-state index in [0.717, 1.165) is 24.3 Å². The zero-order valence-electron chi connectivity index (χ0n) is 14.1. The van der Waals surface area contributed by atoms with E-state index < -0.39 is 0 Å². The summed E-state index contributed by atoms with van der Waals surface area (Å²) in [6.07, 6.45) is 5.00. The zero-order valence-corrected chi connectivity index (χ0v) is 14.1. The molecule has 1 unspecified atom stereocenters. The van der Waals surface area contributed by atoms with Crippen molar-refractivity contribution in [3.63, 3.8) is 0 Å². The van der Waals surface area contributed by atoms with Crippen molar-refractivity contribution in [3.05, 3.63) is 48.3 Å². The van der Waals surface area contributed by atoms with Crippen LogP contribution in [-0.2, 0) is 11.3 Å². The van der Waals surface area contributed by atoms with Gasteiger partial charge in [0.1, 0.15) is 5.75 Å². The Labute approximate surface area is 137 Å². The van der Waals surface area contributed by atoms with E-state index in [0.29, 0.717) is 13.0 Å². The molecule has 2 aromatic rings. The molecule has 1 aromatic carbocycles. The van der Waals surface area contributed by atoms with Crippen molar-refractivity contribution >= 4 is 5.91 Å². The monoisotopic (exact) mass is 315 g/mol. The van der Waals surface area contributed by atoms with E-state index in [9.17, 15) is 4.79 Å². The van der Waals surface area contributed by atoms with Gasteiger partial charge in [-0.05, 0) is 44.0 Å². The van der Waals surface area contributed by atoms with Gasteiger partial charge in [-0.15, -0.1) is 0 Å². The van der Waals surface area contributed by atoms with Crippen LogP contribution in [0, 0.1) is 0 Å². The lowest BCUT2D eigenvalue weighted by molar-refractivity contribution is -0.133. The molecule has 0 aliphatic carbocycles. The second-order valence-electron chi connectivity index (χ2n) is 5.51. The molecule has 5 nitrogen and oxygen atoms in total. The Balaban J connectivity index is 1.95. The minimum atomic E-state index is 0.0345. The first-order valence-electron chi connectivity index (χ1n) is 8.06. The van der Waals surface area contributed by atoms with Crippen molar-refractivity contribution in [2.24, 2.45) is 0 Å². The summed E-state index contributed by atoms with van der Waals surface area (Å²) in [6, 6.07) is 9.83. The second kappa shape index (κ2) is 8.36. The fourth-order valence-electron chi connectivity index (χ4n) is 2.72. The predicted octanol–water partition coefficient (Wildman–Crippen LogP) is 3.28. The topological polar surface area (TPSA) is 47.4 Å². The average molecular weight is 315 g/mol. The van der Waals surface area contributed by atoms with Gasteiger partial charge >= 0.3 is 0 Å². The van der Waals surface area contributed by atoms with Crippen molar-refractivity contribution in [1.82, 2.24) is 14.7 Å². The Bertz CT molecular complexity index is 610. The van der Waals surface area contributed by atoms with Gasteiger partial charge in [0.25, 0.3) is 0 Å². The summed E-state index contributed by atoms with van der Waals surface area (Å²) >= 11 is 0. The molecule has 23 heavy (non-hydrogen) atoms. The molecule has 0 fully saturated rings. The second-order valence-corrected chi connectivity index (χ2v) is 5.51. The molecule has 0 aliphatic heterocycles. The molecule has 1 aromatic heterocycles. The molecular formula is C18H25N3O2. The number of carbonyl (C=O) groups excluding carboxylic acids is 1. The molecule has 5 heteroatoms. The SMILES string of the molecule is CCN(C(=O)CCCn1cccn1)C(C)c1cccc(OC)c1. The molecule has 0 bridgehead atoms. The highest BCUT2D eigenvalue weighted by Gasteiger charge is 2.19. The summed E-state index contributed by atoms with van der Waals surface area (Å²) in [4.78, 5) is 14.5.